The molecule has 1 aromatic carbocycles. The average molecular weight is 213 g/mol. The Balaban J connectivity index is 3.07. The van der Waals surface area contributed by atoms with Gasteiger partial charge in [0, 0.05) is 0 Å². The first-order valence-corrected chi connectivity index (χ1v) is 5.43. The van der Waals surface area contributed by atoms with Crippen molar-refractivity contribution >= 4 is 10.0 Å². The number of nitrogens with two attached hydrogens (primary N) is 1. The first kappa shape index (κ1) is 10.9. The minimum Gasteiger partial charge on any atom is -0.384 e. The molecule has 0 saturated carbocycles. The third-order valence-corrected chi connectivity index (χ3v) is 2.70. The van der Waals surface area contributed by atoms with Crippen LogP contribution >= 0.6 is 0 Å². The van der Waals surface area contributed by atoms with E-state index in [2.05, 4.69) is 6.58 Å². The van der Waals surface area contributed by atoms with Crippen molar-refractivity contribution in [3.63, 3.8) is 0 Å². The van der Waals surface area contributed by atoms with Gasteiger partial charge in [-0.3, -0.25) is 0 Å². The van der Waals surface area contributed by atoms with Gasteiger partial charge in [0.1, 0.15) is 0 Å². The van der Waals surface area contributed by atoms with Gasteiger partial charge >= 0.3 is 0 Å². The molecule has 1 aromatic rings. The van der Waals surface area contributed by atoms with E-state index in [1.807, 2.05) is 0 Å². The molecule has 4 nitrogen and oxygen atoms in total. The molecule has 0 aromatic heterocycles. The van der Waals surface area contributed by atoms with E-state index >= 15 is 0 Å². The molecule has 0 radical (unpaired) electrons. The van der Waals surface area contributed by atoms with Crippen molar-refractivity contribution in [1.29, 1.82) is 0 Å². The Morgan fingerprint density at radius 3 is 2.21 bits per heavy atom. The van der Waals surface area contributed by atoms with Crippen molar-refractivity contribution in [3.8, 4) is 0 Å². The topological polar surface area (TPSA) is 80.4 Å². The van der Waals surface area contributed by atoms with Gasteiger partial charge in [-0.25, -0.2) is 13.6 Å². The number of hydrogen-bond donors (Lipinski definition) is 2. The van der Waals surface area contributed by atoms with E-state index in [1.54, 1.807) is 0 Å². The van der Waals surface area contributed by atoms with Gasteiger partial charge in [0.05, 0.1) is 11.0 Å². The fraction of sp³-hybridized carbons (Fsp3) is 0.111. The van der Waals surface area contributed by atoms with E-state index in [4.69, 9.17) is 5.14 Å². The van der Waals surface area contributed by atoms with E-state index < -0.39 is 16.1 Å². The summed E-state index contributed by atoms with van der Waals surface area (Å²) >= 11 is 0. The van der Waals surface area contributed by atoms with E-state index in [9.17, 15) is 13.5 Å². The van der Waals surface area contributed by atoms with Crippen LogP contribution in [-0.2, 0) is 10.0 Å². The highest BCUT2D eigenvalue weighted by atomic mass is 32.2. The number of primary sulfonamides is 1. The third kappa shape index (κ3) is 2.41. The van der Waals surface area contributed by atoms with Crippen LogP contribution in [0.25, 0.3) is 0 Å². The summed E-state index contributed by atoms with van der Waals surface area (Å²) in [5.74, 6) is 0. The lowest BCUT2D eigenvalue weighted by atomic mass is 10.1. The van der Waals surface area contributed by atoms with E-state index in [1.165, 1.54) is 30.3 Å². The number of hydrogen-bond acceptors (Lipinski definition) is 3. The molecular formula is C9H11NO3S. The van der Waals surface area contributed by atoms with Crippen molar-refractivity contribution in [1.82, 2.24) is 0 Å². The molecule has 0 amide bonds. The molecule has 0 spiro atoms. The Kier molecular flexibility index (Phi) is 3.05. The predicted molar refractivity (Wildman–Crippen MR) is 53.0 cm³/mol. The molecule has 0 aliphatic carbocycles. The fourth-order valence-electron chi connectivity index (χ4n) is 0.991. The molecular weight excluding hydrogens is 202 g/mol. The summed E-state index contributed by atoms with van der Waals surface area (Å²) in [7, 11) is -3.66. The van der Waals surface area contributed by atoms with Crippen LogP contribution in [0.4, 0.5) is 0 Å². The largest absolute Gasteiger partial charge is 0.384 e. The zero-order chi connectivity index (χ0) is 10.8. The van der Waals surface area contributed by atoms with Gasteiger partial charge in [-0.15, -0.1) is 6.58 Å². The van der Waals surface area contributed by atoms with Gasteiger partial charge in [-0.05, 0) is 17.7 Å². The zero-order valence-electron chi connectivity index (χ0n) is 7.42. The summed E-state index contributed by atoms with van der Waals surface area (Å²) in [5, 5.41) is 14.2. The first-order chi connectivity index (χ1) is 6.45. The molecule has 0 aliphatic heterocycles. The summed E-state index contributed by atoms with van der Waals surface area (Å²) in [6, 6.07) is 5.67. The van der Waals surface area contributed by atoms with Gasteiger partial charge in [0.25, 0.3) is 0 Å². The molecule has 0 fully saturated rings. The van der Waals surface area contributed by atoms with Crippen LogP contribution in [0.3, 0.4) is 0 Å². The second kappa shape index (κ2) is 3.91. The average Bonchev–Trinajstić information content (AvgIpc) is 2.15. The Bertz CT molecular complexity index is 422. The Morgan fingerprint density at radius 1 is 1.36 bits per heavy atom. The number of rotatable bonds is 3. The van der Waals surface area contributed by atoms with Crippen molar-refractivity contribution in [2.45, 2.75) is 11.0 Å². The van der Waals surface area contributed by atoms with Crippen molar-refractivity contribution in [2.75, 3.05) is 0 Å². The van der Waals surface area contributed by atoms with Gasteiger partial charge in [-0.1, -0.05) is 18.2 Å². The summed E-state index contributed by atoms with van der Waals surface area (Å²) in [5.41, 5.74) is 0.576. The molecule has 0 aliphatic rings. The monoisotopic (exact) mass is 213 g/mol. The highest BCUT2D eigenvalue weighted by molar-refractivity contribution is 7.89. The van der Waals surface area contributed by atoms with Crippen LogP contribution in [0.5, 0.6) is 0 Å². The second-order valence-corrected chi connectivity index (χ2v) is 4.36. The highest BCUT2D eigenvalue weighted by Crippen LogP contribution is 2.15. The minimum atomic E-state index is -3.66. The Hall–Kier alpha value is -1.17. The third-order valence-electron chi connectivity index (χ3n) is 1.77. The van der Waals surface area contributed by atoms with Crippen LogP contribution in [0.15, 0.2) is 41.8 Å². The van der Waals surface area contributed by atoms with Crippen LogP contribution in [0.1, 0.15) is 11.7 Å². The summed E-state index contributed by atoms with van der Waals surface area (Å²) in [6.45, 7) is 3.42. The Morgan fingerprint density at radius 2 is 1.86 bits per heavy atom. The van der Waals surface area contributed by atoms with Gasteiger partial charge in [-0.2, -0.15) is 0 Å². The maximum atomic E-state index is 10.9. The van der Waals surface area contributed by atoms with Gasteiger partial charge in [0.2, 0.25) is 10.0 Å². The van der Waals surface area contributed by atoms with Crippen LogP contribution in [0, 0.1) is 0 Å². The lowest BCUT2D eigenvalue weighted by Gasteiger charge is -2.05. The zero-order valence-corrected chi connectivity index (χ0v) is 8.24. The quantitative estimate of drug-likeness (QED) is 0.720. The van der Waals surface area contributed by atoms with Crippen molar-refractivity contribution in [3.05, 3.63) is 42.5 Å². The Labute approximate surface area is 82.7 Å². The van der Waals surface area contributed by atoms with Crippen molar-refractivity contribution < 1.29 is 13.5 Å². The fourth-order valence-corrected chi connectivity index (χ4v) is 1.51. The molecule has 76 valence electrons. The van der Waals surface area contributed by atoms with Crippen LogP contribution in [-0.4, -0.2) is 13.5 Å². The smallest absolute Gasteiger partial charge is 0.238 e. The van der Waals surface area contributed by atoms with Crippen molar-refractivity contribution in [2.24, 2.45) is 5.14 Å². The first-order valence-electron chi connectivity index (χ1n) is 3.88. The molecule has 3 N–H and O–H groups in total. The lowest BCUT2D eigenvalue weighted by molar-refractivity contribution is 0.229. The van der Waals surface area contributed by atoms with Crippen LogP contribution in [0.2, 0.25) is 0 Å². The standard InChI is InChI=1S/C9H11NO3S/c1-2-9(11)7-3-5-8(6-4-7)14(10,12)13/h2-6,9,11H,1H2,(H2,10,12,13). The maximum Gasteiger partial charge on any atom is 0.238 e. The predicted octanol–water partition coefficient (Wildman–Crippen LogP) is 0.553. The maximum absolute atomic E-state index is 10.9. The molecule has 0 bridgehead atoms. The molecule has 5 heteroatoms. The molecule has 1 atom stereocenters. The van der Waals surface area contributed by atoms with Crippen LogP contribution < -0.4 is 5.14 Å². The number of aliphatic hydroxyl groups is 1. The molecule has 0 heterocycles. The molecule has 1 rings (SSSR count). The number of benzene rings is 1. The normalized spacial score (nSPS) is 13.6. The van der Waals surface area contributed by atoms with Gasteiger partial charge < -0.3 is 5.11 Å². The van der Waals surface area contributed by atoms with E-state index in [0.717, 1.165) is 0 Å². The van der Waals surface area contributed by atoms with Gasteiger partial charge in [0.15, 0.2) is 0 Å². The van der Waals surface area contributed by atoms with E-state index in [-0.39, 0.29) is 4.90 Å². The second-order valence-electron chi connectivity index (χ2n) is 2.79. The highest BCUT2D eigenvalue weighted by Gasteiger charge is 2.08. The molecule has 1 unspecified atom stereocenters. The SMILES string of the molecule is C=CC(O)c1ccc(S(N)(=O)=O)cc1. The summed E-state index contributed by atoms with van der Waals surface area (Å²) in [6.07, 6.45) is 0.566. The molecule has 14 heavy (non-hydrogen) atoms. The number of sulfonamides is 1. The summed E-state index contributed by atoms with van der Waals surface area (Å²) < 4.78 is 21.8. The van der Waals surface area contributed by atoms with E-state index in [0.29, 0.717) is 5.56 Å². The summed E-state index contributed by atoms with van der Waals surface area (Å²) in [4.78, 5) is 0.0255. The minimum absolute atomic E-state index is 0.0255. The number of aliphatic hydroxyl groups excluding tert-OH is 1. The molecule has 0 saturated heterocycles. The lowest BCUT2D eigenvalue weighted by Crippen LogP contribution is -2.12.